The molecule has 2 rings (SSSR count). The third-order valence-electron chi connectivity index (χ3n) is 2.59. The normalized spacial score (nSPS) is 16.2. The summed E-state index contributed by atoms with van der Waals surface area (Å²) < 4.78 is 0. The second-order valence-corrected chi connectivity index (χ2v) is 5.05. The number of thioether (sulfide) groups is 1. The van der Waals surface area contributed by atoms with Crippen molar-refractivity contribution in [2.24, 2.45) is 0 Å². The van der Waals surface area contributed by atoms with E-state index in [1.54, 1.807) is 0 Å². The van der Waals surface area contributed by atoms with Gasteiger partial charge >= 0.3 is 0 Å². The number of nitrogens with zero attached hydrogens (tertiary/aromatic N) is 3. The molecule has 16 heavy (non-hydrogen) atoms. The van der Waals surface area contributed by atoms with Crippen LogP contribution in [0.5, 0.6) is 0 Å². The first-order chi connectivity index (χ1) is 7.81. The molecule has 5 heteroatoms. The van der Waals surface area contributed by atoms with Crippen LogP contribution in [0.1, 0.15) is 12.5 Å². The highest BCUT2D eigenvalue weighted by Crippen LogP contribution is 2.21. The highest BCUT2D eigenvalue weighted by Gasteiger charge is 2.15. The lowest BCUT2D eigenvalue weighted by molar-refractivity contribution is 0.829. The third kappa shape index (κ3) is 2.58. The Morgan fingerprint density at radius 1 is 1.44 bits per heavy atom. The minimum atomic E-state index is 0.737. The van der Waals surface area contributed by atoms with Gasteiger partial charge in [0.15, 0.2) is 0 Å². The van der Waals surface area contributed by atoms with Gasteiger partial charge in [-0.25, -0.2) is 4.98 Å². The molecular weight excluding hydrogens is 220 g/mol. The van der Waals surface area contributed by atoms with Crippen LogP contribution in [0.4, 0.5) is 11.8 Å². The van der Waals surface area contributed by atoms with Gasteiger partial charge in [0.05, 0.1) is 0 Å². The highest BCUT2D eigenvalue weighted by molar-refractivity contribution is 7.99. The number of anilines is 2. The van der Waals surface area contributed by atoms with Crippen molar-refractivity contribution < 1.29 is 0 Å². The molecule has 0 aromatic carbocycles. The Balaban J connectivity index is 2.19. The molecule has 0 saturated carbocycles. The number of rotatable bonds is 3. The molecule has 1 N–H and O–H groups in total. The van der Waals surface area contributed by atoms with Crippen LogP contribution in [0.15, 0.2) is 6.20 Å². The molecule has 88 valence electrons. The van der Waals surface area contributed by atoms with Crippen LogP contribution in [0.2, 0.25) is 0 Å². The zero-order valence-electron chi connectivity index (χ0n) is 9.86. The summed E-state index contributed by atoms with van der Waals surface area (Å²) in [6.45, 7) is 7.17. The monoisotopic (exact) mass is 238 g/mol. The molecule has 0 unspecified atom stereocenters. The van der Waals surface area contributed by atoms with E-state index in [2.05, 4.69) is 34.0 Å². The van der Waals surface area contributed by atoms with E-state index in [1.807, 2.05) is 18.0 Å². The number of hydrogen-bond donors (Lipinski definition) is 1. The summed E-state index contributed by atoms with van der Waals surface area (Å²) >= 11 is 2.01. The number of aromatic nitrogens is 2. The molecule has 0 amide bonds. The molecule has 1 saturated heterocycles. The lowest BCUT2D eigenvalue weighted by atomic mass is 10.3. The molecule has 1 aliphatic heterocycles. The lowest BCUT2D eigenvalue weighted by Gasteiger charge is -2.28. The second kappa shape index (κ2) is 5.39. The molecule has 0 spiro atoms. The van der Waals surface area contributed by atoms with E-state index in [0.29, 0.717) is 0 Å². The summed E-state index contributed by atoms with van der Waals surface area (Å²) in [4.78, 5) is 11.2. The average Bonchev–Trinajstić information content (AvgIpc) is 2.33. The zero-order chi connectivity index (χ0) is 11.4. The van der Waals surface area contributed by atoms with Crippen molar-refractivity contribution in [1.29, 1.82) is 0 Å². The van der Waals surface area contributed by atoms with Crippen LogP contribution < -0.4 is 10.2 Å². The van der Waals surface area contributed by atoms with Crippen LogP contribution in [-0.4, -0.2) is 41.1 Å². The topological polar surface area (TPSA) is 41.1 Å². The Labute approximate surface area is 101 Å². The smallest absolute Gasteiger partial charge is 0.224 e. The minimum Gasteiger partial charge on any atom is -0.355 e. The van der Waals surface area contributed by atoms with Crippen molar-refractivity contribution in [3.8, 4) is 0 Å². The van der Waals surface area contributed by atoms with E-state index in [-0.39, 0.29) is 0 Å². The van der Waals surface area contributed by atoms with E-state index >= 15 is 0 Å². The Morgan fingerprint density at radius 3 is 2.88 bits per heavy atom. The Kier molecular flexibility index (Phi) is 3.88. The van der Waals surface area contributed by atoms with Gasteiger partial charge in [0.1, 0.15) is 5.82 Å². The Morgan fingerprint density at radius 2 is 2.19 bits per heavy atom. The van der Waals surface area contributed by atoms with E-state index < -0.39 is 0 Å². The van der Waals surface area contributed by atoms with Crippen LogP contribution in [0.3, 0.4) is 0 Å². The summed E-state index contributed by atoms with van der Waals surface area (Å²) in [5, 5.41) is 3.16. The predicted octanol–water partition coefficient (Wildman–Crippen LogP) is 1.77. The van der Waals surface area contributed by atoms with Gasteiger partial charge in [0.2, 0.25) is 5.95 Å². The van der Waals surface area contributed by atoms with Crippen LogP contribution >= 0.6 is 11.8 Å². The van der Waals surface area contributed by atoms with Crippen LogP contribution in [0, 0.1) is 6.92 Å². The van der Waals surface area contributed by atoms with Crippen molar-refractivity contribution in [2.75, 3.05) is 41.4 Å². The van der Waals surface area contributed by atoms with E-state index in [4.69, 9.17) is 0 Å². The van der Waals surface area contributed by atoms with Gasteiger partial charge in [-0.2, -0.15) is 16.7 Å². The number of hydrogen-bond acceptors (Lipinski definition) is 5. The molecule has 1 aromatic rings. The quantitative estimate of drug-likeness (QED) is 0.869. The van der Waals surface area contributed by atoms with Crippen molar-refractivity contribution in [3.05, 3.63) is 11.8 Å². The SMILES string of the molecule is CCNc1ncc(C)c(N2CCSCC2)n1. The fourth-order valence-corrected chi connectivity index (χ4v) is 2.67. The maximum atomic E-state index is 4.58. The fourth-order valence-electron chi connectivity index (χ4n) is 1.77. The molecule has 1 aromatic heterocycles. The Hall–Kier alpha value is -0.970. The molecule has 0 atom stereocenters. The van der Waals surface area contributed by atoms with E-state index in [1.165, 1.54) is 11.5 Å². The first kappa shape index (κ1) is 11.5. The molecule has 2 heterocycles. The maximum absolute atomic E-state index is 4.58. The number of nitrogens with one attached hydrogen (secondary N) is 1. The third-order valence-corrected chi connectivity index (χ3v) is 3.53. The number of aryl methyl sites for hydroxylation is 1. The summed E-state index contributed by atoms with van der Waals surface area (Å²) in [5.41, 5.74) is 1.16. The van der Waals surface area contributed by atoms with Gasteiger partial charge in [-0.05, 0) is 13.8 Å². The summed E-state index contributed by atoms with van der Waals surface area (Å²) in [5.74, 6) is 4.22. The molecule has 4 nitrogen and oxygen atoms in total. The Bertz CT molecular complexity index is 350. The molecule has 0 radical (unpaired) electrons. The highest BCUT2D eigenvalue weighted by atomic mass is 32.2. The largest absolute Gasteiger partial charge is 0.355 e. The van der Waals surface area contributed by atoms with E-state index in [9.17, 15) is 0 Å². The van der Waals surface area contributed by atoms with Gasteiger partial charge in [0.25, 0.3) is 0 Å². The molecule has 0 bridgehead atoms. The van der Waals surface area contributed by atoms with Crippen molar-refractivity contribution in [2.45, 2.75) is 13.8 Å². The summed E-state index contributed by atoms with van der Waals surface area (Å²) in [7, 11) is 0. The van der Waals surface area contributed by atoms with Gasteiger partial charge in [0, 0.05) is 42.9 Å². The van der Waals surface area contributed by atoms with E-state index in [0.717, 1.165) is 37.0 Å². The first-order valence-corrected chi connectivity index (χ1v) is 6.87. The van der Waals surface area contributed by atoms with Crippen LogP contribution in [0.25, 0.3) is 0 Å². The standard InChI is InChI=1S/C11H18N4S/c1-3-12-11-13-8-9(2)10(14-11)15-4-6-16-7-5-15/h8H,3-7H2,1-2H3,(H,12,13,14). The lowest BCUT2D eigenvalue weighted by Crippen LogP contribution is -2.33. The maximum Gasteiger partial charge on any atom is 0.224 e. The van der Waals surface area contributed by atoms with Gasteiger partial charge in [-0.15, -0.1) is 0 Å². The first-order valence-electron chi connectivity index (χ1n) is 5.71. The predicted molar refractivity (Wildman–Crippen MR) is 70.5 cm³/mol. The molecule has 1 fully saturated rings. The van der Waals surface area contributed by atoms with Crippen molar-refractivity contribution >= 4 is 23.5 Å². The van der Waals surface area contributed by atoms with Gasteiger partial charge in [-0.3, -0.25) is 0 Å². The molecule has 1 aliphatic rings. The summed E-state index contributed by atoms with van der Waals surface area (Å²) in [6, 6.07) is 0. The van der Waals surface area contributed by atoms with Crippen molar-refractivity contribution in [1.82, 2.24) is 9.97 Å². The zero-order valence-corrected chi connectivity index (χ0v) is 10.7. The summed E-state index contributed by atoms with van der Waals surface area (Å²) in [6.07, 6.45) is 1.90. The molecule has 0 aliphatic carbocycles. The average molecular weight is 238 g/mol. The fraction of sp³-hybridized carbons (Fsp3) is 0.636. The van der Waals surface area contributed by atoms with Crippen molar-refractivity contribution in [3.63, 3.8) is 0 Å². The second-order valence-electron chi connectivity index (χ2n) is 3.83. The minimum absolute atomic E-state index is 0.737. The van der Waals surface area contributed by atoms with Crippen LogP contribution in [-0.2, 0) is 0 Å². The van der Waals surface area contributed by atoms with Gasteiger partial charge < -0.3 is 10.2 Å². The van der Waals surface area contributed by atoms with Gasteiger partial charge in [-0.1, -0.05) is 0 Å². The molecular formula is C11H18N4S.